The van der Waals surface area contributed by atoms with E-state index in [9.17, 15) is 4.79 Å². The first-order chi connectivity index (χ1) is 8.35. The number of fused-ring (bicyclic) bond motifs is 1. The van der Waals surface area contributed by atoms with Crippen LogP contribution in [-0.4, -0.2) is 18.2 Å². The first-order valence-corrected chi connectivity index (χ1v) is 6.22. The number of anilines is 2. The maximum atomic E-state index is 11.7. The Bertz CT molecular complexity index is 475. The van der Waals surface area contributed by atoms with Crippen molar-refractivity contribution < 1.29 is 9.53 Å². The van der Waals surface area contributed by atoms with Gasteiger partial charge in [-0.15, -0.1) is 0 Å². The fourth-order valence-electron chi connectivity index (χ4n) is 2.13. The molecular weight excluding hydrogens is 228 g/mol. The second kappa shape index (κ2) is 4.52. The molecule has 98 valence electrons. The zero-order valence-corrected chi connectivity index (χ0v) is 11.4. The zero-order valence-electron chi connectivity index (χ0n) is 11.4. The topological polar surface area (TPSA) is 50.4 Å². The van der Waals surface area contributed by atoms with Crippen molar-refractivity contribution in [1.29, 1.82) is 0 Å². The number of ether oxygens (including phenoxy) is 1. The van der Waals surface area contributed by atoms with E-state index in [2.05, 4.69) is 10.6 Å². The Hall–Kier alpha value is -1.71. The molecule has 18 heavy (non-hydrogen) atoms. The minimum absolute atomic E-state index is 0.409. The van der Waals surface area contributed by atoms with Crippen molar-refractivity contribution in [3.8, 4) is 0 Å². The number of hydrogen-bond donors (Lipinski definition) is 2. The van der Waals surface area contributed by atoms with Crippen LogP contribution in [0.1, 0.15) is 31.9 Å². The Labute approximate surface area is 108 Å². The molecule has 1 heterocycles. The Morgan fingerprint density at radius 1 is 1.39 bits per heavy atom. The van der Waals surface area contributed by atoms with Crippen molar-refractivity contribution in [3.05, 3.63) is 23.3 Å². The van der Waals surface area contributed by atoms with Crippen LogP contribution in [0, 0.1) is 6.92 Å². The van der Waals surface area contributed by atoms with Crippen molar-refractivity contribution in [1.82, 2.24) is 0 Å². The van der Waals surface area contributed by atoms with E-state index in [0.29, 0.717) is 0 Å². The Morgan fingerprint density at radius 3 is 2.78 bits per heavy atom. The molecule has 1 aromatic rings. The van der Waals surface area contributed by atoms with Crippen LogP contribution < -0.4 is 10.6 Å². The van der Waals surface area contributed by atoms with Crippen LogP contribution in [0.4, 0.5) is 16.2 Å². The van der Waals surface area contributed by atoms with Crippen LogP contribution >= 0.6 is 0 Å². The van der Waals surface area contributed by atoms with Crippen molar-refractivity contribution in [2.24, 2.45) is 0 Å². The molecule has 0 atom stereocenters. The van der Waals surface area contributed by atoms with Crippen LogP contribution in [-0.2, 0) is 11.2 Å². The number of benzene rings is 1. The third-order valence-electron chi connectivity index (χ3n) is 2.76. The minimum atomic E-state index is -0.475. The molecule has 4 heteroatoms. The summed E-state index contributed by atoms with van der Waals surface area (Å²) >= 11 is 0. The molecule has 0 bridgehead atoms. The van der Waals surface area contributed by atoms with Gasteiger partial charge in [0.2, 0.25) is 0 Å². The maximum absolute atomic E-state index is 11.7. The molecular formula is C14H20N2O2. The van der Waals surface area contributed by atoms with Crippen molar-refractivity contribution in [3.63, 3.8) is 0 Å². The normalized spacial score (nSPS) is 13.8. The lowest BCUT2D eigenvalue weighted by atomic mass is 10.1. The summed E-state index contributed by atoms with van der Waals surface area (Å²) in [5.41, 5.74) is 3.92. The molecule has 0 spiro atoms. The van der Waals surface area contributed by atoms with E-state index in [1.165, 1.54) is 11.3 Å². The average molecular weight is 248 g/mol. The number of rotatable bonds is 1. The number of aryl methyl sites for hydroxylation is 1. The highest BCUT2D eigenvalue weighted by Crippen LogP contribution is 2.29. The lowest BCUT2D eigenvalue weighted by Crippen LogP contribution is -2.27. The van der Waals surface area contributed by atoms with Gasteiger partial charge < -0.3 is 10.1 Å². The predicted molar refractivity (Wildman–Crippen MR) is 73.2 cm³/mol. The predicted octanol–water partition coefficient (Wildman–Crippen LogP) is 3.31. The average Bonchev–Trinajstić information content (AvgIpc) is 2.62. The van der Waals surface area contributed by atoms with Gasteiger partial charge in [-0.1, -0.05) is 0 Å². The molecule has 0 saturated carbocycles. The van der Waals surface area contributed by atoms with Gasteiger partial charge in [-0.05, 0) is 57.4 Å². The summed E-state index contributed by atoms with van der Waals surface area (Å²) in [5, 5.41) is 6.12. The van der Waals surface area contributed by atoms with Gasteiger partial charge in [-0.2, -0.15) is 0 Å². The molecule has 2 N–H and O–H groups in total. The number of nitrogens with one attached hydrogen (secondary N) is 2. The van der Waals surface area contributed by atoms with E-state index in [1.807, 2.05) is 39.8 Å². The summed E-state index contributed by atoms with van der Waals surface area (Å²) in [6.45, 7) is 8.56. The van der Waals surface area contributed by atoms with Crippen LogP contribution in [0.5, 0.6) is 0 Å². The van der Waals surface area contributed by atoms with E-state index >= 15 is 0 Å². The second-order valence-corrected chi connectivity index (χ2v) is 5.63. The van der Waals surface area contributed by atoms with Crippen LogP contribution in [0.3, 0.4) is 0 Å². The van der Waals surface area contributed by atoms with Crippen molar-refractivity contribution in [2.75, 3.05) is 17.2 Å². The zero-order chi connectivity index (χ0) is 13.3. The fraction of sp³-hybridized carbons (Fsp3) is 0.500. The highest BCUT2D eigenvalue weighted by Gasteiger charge is 2.18. The number of carbonyl (C=O) groups is 1. The summed E-state index contributed by atoms with van der Waals surface area (Å²) in [6.07, 6.45) is 0.591. The molecule has 0 unspecified atom stereocenters. The summed E-state index contributed by atoms with van der Waals surface area (Å²) < 4.78 is 5.24. The molecule has 0 aliphatic carbocycles. The Kier molecular flexibility index (Phi) is 3.20. The quantitative estimate of drug-likeness (QED) is 0.801. The summed E-state index contributed by atoms with van der Waals surface area (Å²) in [6, 6.07) is 3.97. The highest BCUT2D eigenvalue weighted by molar-refractivity contribution is 5.86. The summed E-state index contributed by atoms with van der Waals surface area (Å²) in [4.78, 5) is 11.7. The summed E-state index contributed by atoms with van der Waals surface area (Å²) in [7, 11) is 0. The number of hydrogen-bond acceptors (Lipinski definition) is 3. The van der Waals surface area contributed by atoms with E-state index in [0.717, 1.165) is 24.2 Å². The first kappa shape index (κ1) is 12.7. The van der Waals surface area contributed by atoms with E-state index < -0.39 is 11.7 Å². The first-order valence-electron chi connectivity index (χ1n) is 6.22. The van der Waals surface area contributed by atoms with Crippen LogP contribution in [0.25, 0.3) is 0 Å². The van der Waals surface area contributed by atoms with Gasteiger partial charge in [-0.3, -0.25) is 5.32 Å². The molecule has 0 saturated heterocycles. The molecule has 4 nitrogen and oxygen atoms in total. The molecule has 1 aliphatic rings. The third-order valence-corrected chi connectivity index (χ3v) is 2.76. The van der Waals surface area contributed by atoms with Gasteiger partial charge in [0.25, 0.3) is 0 Å². The monoisotopic (exact) mass is 248 g/mol. The van der Waals surface area contributed by atoms with Crippen LogP contribution in [0.15, 0.2) is 12.1 Å². The van der Waals surface area contributed by atoms with Crippen molar-refractivity contribution in [2.45, 2.75) is 39.7 Å². The Balaban J connectivity index is 2.11. The SMILES string of the molecule is Cc1cc(NC(=O)OC(C)(C)C)cc2c1NCC2. The molecule has 0 radical (unpaired) electrons. The number of amides is 1. The standard InChI is InChI=1S/C14H20N2O2/c1-9-7-11(8-10-5-6-15-12(9)10)16-13(17)18-14(2,3)4/h7-8,15H,5-6H2,1-4H3,(H,16,17). The molecule has 1 amide bonds. The van der Waals surface area contributed by atoms with E-state index in [4.69, 9.17) is 4.74 Å². The minimum Gasteiger partial charge on any atom is -0.444 e. The van der Waals surface area contributed by atoms with Crippen LogP contribution in [0.2, 0.25) is 0 Å². The maximum Gasteiger partial charge on any atom is 0.412 e. The second-order valence-electron chi connectivity index (χ2n) is 5.63. The van der Waals surface area contributed by atoms with Gasteiger partial charge in [0, 0.05) is 17.9 Å². The van der Waals surface area contributed by atoms with Gasteiger partial charge >= 0.3 is 6.09 Å². The summed E-state index contributed by atoms with van der Waals surface area (Å²) in [5.74, 6) is 0. The van der Waals surface area contributed by atoms with E-state index in [-0.39, 0.29) is 0 Å². The lowest BCUT2D eigenvalue weighted by molar-refractivity contribution is 0.0636. The molecule has 2 rings (SSSR count). The largest absolute Gasteiger partial charge is 0.444 e. The molecule has 1 aromatic carbocycles. The third kappa shape index (κ3) is 2.94. The van der Waals surface area contributed by atoms with Gasteiger partial charge in [-0.25, -0.2) is 4.79 Å². The number of carbonyl (C=O) groups excluding carboxylic acids is 1. The highest BCUT2D eigenvalue weighted by atomic mass is 16.6. The smallest absolute Gasteiger partial charge is 0.412 e. The van der Waals surface area contributed by atoms with Crippen molar-refractivity contribution >= 4 is 17.5 Å². The molecule has 0 aromatic heterocycles. The Morgan fingerprint density at radius 2 is 2.11 bits per heavy atom. The van der Waals surface area contributed by atoms with Gasteiger partial charge in [0.05, 0.1) is 0 Å². The molecule has 0 fully saturated rings. The fourth-order valence-corrected chi connectivity index (χ4v) is 2.13. The van der Waals surface area contributed by atoms with Gasteiger partial charge in [0.15, 0.2) is 0 Å². The van der Waals surface area contributed by atoms with Gasteiger partial charge in [0.1, 0.15) is 5.60 Å². The lowest BCUT2D eigenvalue weighted by Gasteiger charge is -2.20. The molecule has 1 aliphatic heterocycles. The van der Waals surface area contributed by atoms with E-state index in [1.54, 1.807) is 0 Å².